The summed E-state index contributed by atoms with van der Waals surface area (Å²) >= 11 is 0. The highest BCUT2D eigenvalue weighted by molar-refractivity contribution is 5.89. The molecular weight excluding hydrogens is 338 g/mol. The van der Waals surface area contributed by atoms with Crippen LogP contribution < -0.4 is 5.73 Å². The highest BCUT2D eigenvalue weighted by atomic mass is 16.5. The topological polar surface area (TPSA) is 81.0 Å². The Bertz CT molecular complexity index is 968. The van der Waals surface area contributed by atoms with E-state index in [0.717, 1.165) is 22.9 Å². The molecule has 0 amide bonds. The van der Waals surface area contributed by atoms with Gasteiger partial charge >= 0.3 is 5.97 Å². The fourth-order valence-electron chi connectivity index (χ4n) is 3.23. The van der Waals surface area contributed by atoms with Gasteiger partial charge in [-0.2, -0.15) is 5.26 Å². The summed E-state index contributed by atoms with van der Waals surface area (Å²) in [6, 6.07) is 17.3. The van der Waals surface area contributed by atoms with E-state index in [0.29, 0.717) is 30.7 Å². The van der Waals surface area contributed by atoms with Gasteiger partial charge in [-0.3, -0.25) is 0 Å². The van der Waals surface area contributed by atoms with Crippen LogP contribution in [0, 0.1) is 11.3 Å². The molecule has 5 nitrogen and oxygen atoms in total. The Kier molecular flexibility index (Phi) is 5.90. The zero-order valence-electron chi connectivity index (χ0n) is 15.4. The van der Waals surface area contributed by atoms with Crippen LogP contribution in [0.5, 0.6) is 0 Å². The van der Waals surface area contributed by atoms with Crippen molar-refractivity contribution in [3.8, 4) is 6.07 Å². The van der Waals surface area contributed by atoms with Gasteiger partial charge in [-0.1, -0.05) is 18.2 Å². The Balaban J connectivity index is 1.65. The predicted molar refractivity (Wildman–Crippen MR) is 105 cm³/mol. The molecule has 0 spiro atoms. The molecule has 0 unspecified atom stereocenters. The lowest BCUT2D eigenvalue weighted by Gasteiger charge is -2.10. The van der Waals surface area contributed by atoms with Crippen LogP contribution in [0.2, 0.25) is 0 Å². The normalized spacial score (nSPS) is 11.9. The molecule has 1 aromatic heterocycles. The molecule has 0 aliphatic heterocycles. The van der Waals surface area contributed by atoms with Gasteiger partial charge in [0.1, 0.15) is 6.07 Å². The summed E-state index contributed by atoms with van der Waals surface area (Å²) in [6.45, 7) is 2.96. The average molecular weight is 361 g/mol. The van der Waals surface area contributed by atoms with Crippen molar-refractivity contribution in [2.24, 2.45) is 5.73 Å². The summed E-state index contributed by atoms with van der Waals surface area (Å²) in [4.78, 5) is 12.0. The van der Waals surface area contributed by atoms with Gasteiger partial charge in [0, 0.05) is 24.2 Å². The molecule has 0 aliphatic carbocycles. The van der Waals surface area contributed by atoms with Crippen molar-refractivity contribution in [2.75, 3.05) is 6.61 Å². The minimum absolute atomic E-state index is 0.0513. The number of nitrogens with two attached hydrogens (primary N) is 1. The van der Waals surface area contributed by atoms with E-state index in [9.17, 15) is 10.1 Å². The molecule has 0 fully saturated rings. The van der Waals surface area contributed by atoms with Gasteiger partial charge in [0.15, 0.2) is 0 Å². The Morgan fingerprint density at radius 2 is 2.04 bits per heavy atom. The first-order valence-electron chi connectivity index (χ1n) is 9.08. The van der Waals surface area contributed by atoms with Crippen LogP contribution in [0.15, 0.2) is 54.7 Å². The second-order valence-corrected chi connectivity index (χ2v) is 6.74. The second-order valence-electron chi connectivity index (χ2n) is 6.74. The Labute approximate surface area is 159 Å². The van der Waals surface area contributed by atoms with Crippen molar-refractivity contribution < 1.29 is 9.53 Å². The van der Waals surface area contributed by atoms with E-state index in [-0.39, 0.29) is 12.0 Å². The summed E-state index contributed by atoms with van der Waals surface area (Å²) in [6.07, 6.45) is 3.39. The van der Waals surface area contributed by atoms with Crippen LogP contribution in [-0.4, -0.2) is 23.2 Å². The molecule has 27 heavy (non-hydrogen) atoms. The summed E-state index contributed by atoms with van der Waals surface area (Å²) < 4.78 is 7.37. The number of benzene rings is 2. The van der Waals surface area contributed by atoms with Crippen molar-refractivity contribution in [3.63, 3.8) is 0 Å². The molecule has 5 heteroatoms. The summed E-state index contributed by atoms with van der Waals surface area (Å²) in [7, 11) is 0. The number of rotatable bonds is 7. The van der Waals surface area contributed by atoms with Crippen molar-refractivity contribution in [3.05, 3.63) is 71.4 Å². The van der Waals surface area contributed by atoms with E-state index in [1.807, 2.05) is 48.0 Å². The maximum atomic E-state index is 12.0. The molecule has 2 aromatic carbocycles. The van der Waals surface area contributed by atoms with Crippen LogP contribution in [0.25, 0.3) is 10.9 Å². The Morgan fingerprint density at radius 3 is 2.74 bits per heavy atom. The monoisotopic (exact) mass is 361 g/mol. The quantitative estimate of drug-likeness (QED) is 0.514. The highest BCUT2D eigenvalue weighted by Gasteiger charge is 2.11. The minimum atomic E-state index is -0.314. The molecule has 2 N–H and O–H groups in total. The van der Waals surface area contributed by atoms with Crippen LogP contribution in [-0.2, 0) is 17.7 Å². The maximum Gasteiger partial charge on any atom is 0.338 e. The fraction of sp³-hybridized carbons (Fsp3) is 0.273. The van der Waals surface area contributed by atoms with Crippen molar-refractivity contribution in [2.45, 2.75) is 32.4 Å². The number of ether oxygens (including phenoxy) is 1. The van der Waals surface area contributed by atoms with Crippen LogP contribution in [0.4, 0.5) is 0 Å². The van der Waals surface area contributed by atoms with Gasteiger partial charge < -0.3 is 15.0 Å². The largest absolute Gasteiger partial charge is 0.462 e. The average Bonchev–Trinajstić information content (AvgIpc) is 3.07. The SMILES string of the molecule is C[C@@H](N)Cc1cc(C#N)c2c(ccn2CCCOC(=O)c2ccccc2)c1. The summed E-state index contributed by atoms with van der Waals surface area (Å²) in [5.41, 5.74) is 9.07. The molecule has 0 saturated heterocycles. The number of fused-ring (bicyclic) bond motifs is 1. The van der Waals surface area contributed by atoms with Crippen molar-refractivity contribution >= 4 is 16.9 Å². The third-order valence-electron chi connectivity index (χ3n) is 4.38. The number of nitrogens with zero attached hydrogens (tertiary/aromatic N) is 2. The van der Waals surface area contributed by atoms with Gasteiger partial charge in [-0.05, 0) is 55.7 Å². The lowest BCUT2D eigenvalue weighted by Crippen LogP contribution is -2.17. The van der Waals surface area contributed by atoms with Crippen LogP contribution >= 0.6 is 0 Å². The molecule has 1 atom stereocenters. The molecule has 1 heterocycles. The van der Waals surface area contributed by atoms with E-state index in [1.165, 1.54) is 0 Å². The molecule has 0 saturated carbocycles. The number of nitriles is 1. The number of aryl methyl sites for hydroxylation is 1. The first-order chi connectivity index (χ1) is 13.1. The first kappa shape index (κ1) is 18.7. The van der Waals surface area contributed by atoms with E-state index < -0.39 is 0 Å². The molecule has 0 radical (unpaired) electrons. The zero-order valence-corrected chi connectivity index (χ0v) is 15.4. The third kappa shape index (κ3) is 4.55. The van der Waals surface area contributed by atoms with E-state index in [2.05, 4.69) is 12.1 Å². The Hall–Kier alpha value is -3.10. The minimum Gasteiger partial charge on any atom is -0.462 e. The van der Waals surface area contributed by atoms with E-state index in [4.69, 9.17) is 10.5 Å². The Morgan fingerprint density at radius 1 is 1.26 bits per heavy atom. The number of carbonyl (C=O) groups is 1. The zero-order chi connectivity index (χ0) is 19.2. The van der Waals surface area contributed by atoms with Gasteiger partial charge in [0.2, 0.25) is 0 Å². The number of aromatic nitrogens is 1. The predicted octanol–water partition coefficient (Wildman–Crippen LogP) is 3.65. The smallest absolute Gasteiger partial charge is 0.338 e. The van der Waals surface area contributed by atoms with Crippen molar-refractivity contribution in [1.29, 1.82) is 5.26 Å². The van der Waals surface area contributed by atoms with E-state index >= 15 is 0 Å². The van der Waals surface area contributed by atoms with Gasteiger partial charge in [0.25, 0.3) is 0 Å². The number of esters is 1. The van der Waals surface area contributed by atoms with Crippen molar-refractivity contribution in [1.82, 2.24) is 4.57 Å². The number of hydrogen-bond donors (Lipinski definition) is 1. The molecule has 3 rings (SSSR count). The lowest BCUT2D eigenvalue weighted by atomic mass is 10.0. The number of hydrogen-bond acceptors (Lipinski definition) is 4. The first-order valence-corrected chi connectivity index (χ1v) is 9.08. The van der Waals surface area contributed by atoms with Crippen LogP contribution in [0.1, 0.15) is 34.8 Å². The lowest BCUT2D eigenvalue weighted by molar-refractivity contribution is 0.0496. The summed E-state index contributed by atoms with van der Waals surface area (Å²) in [5, 5.41) is 10.6. The van der Waals surface area contributed by atoms with E-state index in [1.54, 1.807) is 12.1 Å². The molecule has 3 aromatic rings. The maximum absolute atomic E-state index is 12.0. The molecule has 0 aliphatic rings. The second kappa shape index (κ2) is 8.52. The standard InChI is InChI=1S/C22H23N3O2/c1-16(24)12-17-13-19-8-10-25(21(19)20(14-17)15-23)9-5-11-27-22(26)18-6-3-2-4-7-18/h2-4,6-8,10,13-14,16H,5,9,11-12,24H2,1H3/t16-/m1/s1. The number of carbonyl (C=O) groups excluding carboxylic acids is 1. The fourth-order valence-corrected chi connectivity index (χ4v) is 3.23. The van der Waals surface area contributed by atoms with Gasteiger partial charge in [-0.25, -0.2) is 4.79 Å². The van der Waals surface area contributed by atoms with Crippen LogP contribution in [0.3, 0.4) is 0 Å². The third-order valence-corrected chi connectivity index (χ3v) is 4.38. The van der Waals surface area contributed by atoms with Gasteiger partial charge in [0.05, 0.1) is 23.3 Å². The molecule has 0 bridgehead atoms. The summed E-state index contributed by atoms with van der Waals surface area (Å²) in [5.74, 6) is -0.314. The highest BCUT2D eigenvalue weighted by Crippen LogP contribution is 2.23. The molecule has 138 valence electrons. The molecular formula is C22H23N3O2. The van der Waals surface area contributed by atoms with Gasteiger partial charge in [-0.15, -0.1) is 0 Å².